The fraction of sp³-hybridized carbons (Fsp3) is 0.353. The van der Waals surface area contributed by atoms with Crippen molar-refractivity contribution in [3.05, 3.63) is 47.2 Å². The monoisotopic (exact) mass is 270 g/mol. The largest absolute Gasteiger partial charge is 0.496 e. The van der Waals surface area contributed by atoms with E-state index in [1.807, 2.05) is 6.07 Å². The number of ether oxygens (including phenoxy) is 1. The van der Waals surface area contributed by atoms with E-state index < -0.39 is 0 Å². The van der Waals surface area contributed by atoms with Crippen molar-refractivity contribution in [2.24, 2.45) is 0 Å². The molecule has 0 fully saturated rings. The second-order valence-corrected chi connectivity index (χ2v) is 4.91. The summed E-state index contributed by atoms with van der Waals surface area (Å²) in [4.78, 5) is 4.71. The van der Waals surface area contributed by atoms with E-state index in [2.05, 4.69) is 50.4 Å². The molecule has 2 rings (SSSR count). The maximum Gasteiger partial charge on any atom is 0.121 e. The van der Waals surface area contributed by atoms with Crippen molar-refractivity contribution >= 4 is 0 Å². The van der Waals surface area contributed by atoms with Crippen LogP contribution in [0.1, 0.15) is 23.7 Å². The van der Waals surface area contributed by atoms with Gasteiger partial charge < -0.3 is 10.1 Å². The quantitative estimate of drug-likeness (QED) is 0.903. The number of aryl methyl sites for hydroxylation is 2. The zero-order chi connectivity index (χ0) is 14.5. The predicted octanol–water partition coefficient (Wildman–Crippen LogP) is 3.48. The molecule has 3 nitrogen and oxygen atoms in total. The van der Waals surface area contributed by atoms with Crippen LogP contribution in [0.15, 0.2) is 30.3 Å². The SMILES string of the molecule is CCNCc1ccc(-c2ccc(OC)c(C)c2)nc1C. The molecule has 0 aliphatic carbocycles. The highest BCUT2D eigenvalue weighted by atomic mass is 16.5. The molecule has 0 amide bonds. The maximum absolute atomic E-state index is 5.29. The summed E-state index contributed by atoms with van der Waals surface area (Å²) in [6, 6.07) is 10.4. The molecule has 0 saturated carbocycles. The van der Waals surface area contributed by atoms with Crippen molar-refractivity contribution in [1.82, 2.24) is 10.3 Å². The average molecular weight is 270 g/mol. The fourth-order valence-corrected chi connectivity index (χ4v) is 2.23. The van der Waals surface area contributed by atoms with Crippen LogP contribution in [-0.2, 0) is 6.54 Å². The Balaban J connectivity index is 2.29. The Hall–Kier alpha value is -1.87. The first-order valence-electron chi connectivity index (χ1n) is 6.98. The lowest BCUT2D eigenvalue weighted by Crippen LogP contribution is -2.13. The molecular weight excluding hydrogens is 248 g/mol. The summed E-state index contributed by atoms with van der Waals surface area (Å²) in [6.45, 7) is 8.06. The Kier molecular flexibility index (Phi) is 4.74. The molecule has 1 aromatic carbocycles. The van der Waals surface area contributed by atoms with Gasteiger partial charge in [0.2, 0.25) is 0 Å². The predicted molar refractivity (Wildman–Crippen MR) is 83.1 cm³/mol. The molecule has 0 aliphatic heterocycles. The van der Waals surface area contributed by atoms with Crippen LogP contribution >= 0.6 is 0 Å². The molecule has 1 heterocycles. The first kappa shape index (κ1) is 14.5. The number of benzene rings is 1. The highest BCUT2D eigenvalue weighted by molar-refractivity contribution is 5.62. The molecule has 1 N–H and O–H groups in total. The van der Waals surface area contributed by atoms with E-state index in [1.54, 1.807) is 7.11 Å². The third kappa shape index (κ3) is 3.17. The molecule has 0 spiro atoms. The Morgan fingerprint density at radius 2 is 1.95 bits per heavy atom. The Labute approximate surface area is 121 Å². The van der Waals surface area contributed by atoms with Crippen LogP contribution in [0.3, 0.4) is 0 Å². The zero-order valence-electron chi connectivity index (χ0n) is 12.7. The zero-order valence-corrected chi connectivity index (χ0v) is 12.7. The van der Waals surface area contributed by atoms with Crippen LogP contribution < -0.4 is 10.1 Å². The van der Waals surface area contributed by atoms with Gasteiger partial charge in [0.1, 0.15) is 5.75 Å². The van der Waals surface area contributed by atoms with Gasteiger partial charge in [0, 0.05) is 17.8 Å². The molecule has 0 radical (unpaired) electrons. The molecule has 1 aromatic heterocycles. The van der Waals surface area contributed by atoms with E-state index in [0.717, 1.165) is 41.4 Å². The van der Waals surface area contributed by atoms with Gasteiger partial charge in [-0.15, -0.1) is 0 Å². The van der Waals surface area contributed by atoms with Crippen LogP contribution in [0.4, 0.5) is 0 Å². The van der Waals surface area contributed by atoms with E-state index in [-0.39, 0.29) is 0 Å². The lowest BCUT2D eigenvalue weighted by Gasteiger charge is -2.10. The highest BCUT2D eigenvalue weighted by Crippen LogP contribution is 2.25. The Morgan fingerprint density at radius 3 is 2.55 bits per heavy atom. The summed E-state index contributed by atoms with van der Waals surface area (Å²) in [5.74, 6) is 0.911. The molecule has 0 aliphatic rings. The van der Waals surface area contributed by atoms with Gasteiger partial charge in [-0.1, -0.05) is 13.0 Å². The summed E-state index contributed by atoms with van der Waals surface area (Å²) >= 11 is 0. The van der Waals surface area contributed by atoms with Gasteiger partial charge in [-0.25, -0.2) is 0 Å². The number of hydrogen-bond acceptors (Lipinski definition) is 3. The third-order valence-electron chi connectivity index (χ3n) is 3.45. The first-order chi connectivity index (χ1) is 9.65. The standard InChI is InChI=1S/C17H22N2O/c1-5-18-11-15-6-8-16(19-13(15)3)14-7-9-17(20-4)12(2)10-14/h6-10,18H,5,11H2,1-4H3. The normalized spacial score (nSPS) is 10.6. The average Bonchev–Trinajstić information content (AvgIpc) is 2.46. The van der Waals surface area contributed by atoms with Gasteiger partial charge in [-0.05, 0) is 55.8 Å². The van der Waals surface area contributed by atoms with Gasteiger partial charge in [-0.3, -0.25) is 4.98 Å². The molecule has 106 valence electrons. The third-order valence-corrected chi connectivity index (χ3v) is 3.45. The molecule has 0 saturated heterocycles. The molecule has 2 aromatic rings. The number of aromatic nitrogens is 1. The maximum atomic E-state index is 5.29. The van der Waals surface area contributed by atoms with E-state index in [1.165, 1.54) is 5.56 Å². The van der Waals surface area contributed by atoms with Crippen LogP contribution in [0.25, 0.3) is 11.3 Å². The minimum atomic E-state index is 0.872. The number of rotatable bonds is 5. The minimum Gasteiger partial charge on any atom is -0.496 e. The number of hydrogen-bond donors (Lipinski definition) is 1. The van der Waals surface area contributed by atoms with Crippen LogP contribution in [0.2, 0.25) is 0 Å². The van der Waals surface area contributed by atoms with Crippen LogP contribution in [0.5, 0.6) is 5.75 Å². The van der Waals surface area contributed by atoms with Crippen molar-refractivity contribution in [2.45, 2.75) is 27.3 Å². The summed E-state index contributed by atoms with van der Waals surface area (Å²) in [5, 5.41) is 3.33. The van der Waals surface area contributed by atoms with E-state index in [4.69, 9.17) is 9.72 Å². The first-order valence-corrected chi connectivity index (χ1v) is 6.98. The topological polar surface area (TPSA) is 34.1 Å². The van der Waals surface area contributed by atoms with Gasteiger partial charge >= 0.3 is 0 Å². The Bertz CT molecular complexity index is 594. The molecule has 0 unspecified atom stereocenters. The van der Waals surface area contributed by atoms with Crippen LogP contribution in [0, 0.1) is 13.8 Å². The summed E-state index contributed by atoms with van der Waals surface area (Å²) in [7, 11) is 1.69. The summed E-state index contributed by atoms with van der Waals surface area (Å²) < 4.78 is 5.29. The number of nitrogens with zero attached hydrogens (tertiary/aromatic N) is 1. The van der Waals surface area contributed by atoms with Gasteiger partial charge in [0.15, 0.2) is 0 Å². The number of pyridine rings is 1. The second-order valence-electron chi connectivity index (χ2n) is 4.91. The highest BCUT2D eigenvalue weighted by Gasteiger charge is 2.06. The number of nitrogens with one attached hydrogen (secondary N) is 1. The van der Waals surface area contributed by atoms with Crippen molar-refractivity contribution in [3.8, 4) is 17.0 Å². The van der Waals surface area contributed by atoms with Crippen molar-refractivity contribution < 1.29 is 4.74 Å². The molecular formula is C17H22N2O. The minimum absolute atomic E-state index is 0.872. The van der Waals surface area contributed by atoms with Crippen molar-refractivity contribution in [3.63, 3.8) is 0 Å². The summed E-state index contributed by atoms with van der Waals surface area (Å²) in [5.41, 5.74) is 5.59. The lowest BCUT2D eigenvalue weighted by atomic mass is 10.1. The van der Waals surface area contributed by atoms with E-state index in [0.29, 0.717) is 0 Å². The molecule has 0 bridgehead atoms. The van der Waals surface area contributed by atoms with Crippen molar-refractivity contribution in [2.75, 3.05) is 13.7 Å². The Morgan fingerprint density at radius 1 is 1.15 bits per heavy atom. The molecule has 3 heteroatoms. The number of methoxy groups -OCH3 is 1. The smallest absolute Gasteiger partial charge is 0.121 e. The molecule has 20 heavy (non-hydrogen) atoms. The fourth-order valence-electron chi connectivity index (χ4n) is 2.23. The van der Waals surface area contributed by atoms with E-state index in [9.17, 15) is 0 Å². The summed E-state index contributed by atoms with van der Waals surface area (Å²) in [6.07, 6.45) is 0. The van der Waals surface area contributed by atoms with E-state index >= 15 is 0 Å². The van der Waals surface area contributed by atoms with Crippen molar-refractivity contribution in [1.29, 1.82) is 0 Å². The lowest BCUT2D eigenvalue weighted by molar-refractivity contribution is 0.412. The molecule has 0 atom stereocenters. The van der Waals surface area contributed by atoms with Gasteiger partial charge in [0.05, 0.1) is 12.8 Å². The van der Waals surface area contributed by atoms with Gasteiger partial charge in [-0.2, -0.15) is 0 Å². The van der Waals surface area contributed by atoms with Gasteiger partial charge in [0.25, 0.3) is 0 Å². The second kappa shape index (κ2) is 6.53. The van der Waals surface area contributed by atoms with Crippen LogP contribution in [-0.4, -0.2) is 18.6 Å².